The summed E-state index contributed by atoms with van der Waals surface area (Å²) in [6.45, 7) is 4.42. The van der Waals surface area contributed by atoms with Crippen molar-refractivity contribution in [1.82, 2.24) is 10.2 Å². The Kier molecular flexibility index (Phi) is 6.52. The van der Waals surface area contributed by atoms with Crippen LogP contribution in [-0.2, 0) is 11.3 Å². The quantitative estimate of drug-likeness (QED) is 0.741. The van der Waals surface area contributed by atoms with E-state index in [1.807, 2.05) is 31.2 Å². The van der Waals surface area contributed by atoms with Gasteiger partial charge in [-0.1, -0.05) is 37.3 Å². The van der Waals surface area contributed by atoms with E-state index in [2.05, 4.69) is 22.3 Å². The molecule has 1 aromatic carbocycles. The molecular weight excluding hydrogens is 226 g/mol. The SMILES string of the molecule is CCN(CC(=O)NCCC#N)Cc1ccccc1. The number of likely N-dealkylation sites (N-methyl/N-ethyl adjacent to an activating group) is 1. The van der Waals surface area contributed by atoms with Crippen molar-refractivity contribution in [2.45, 2.75) is 19.9 Å². The molecule has 0 aromatic heterocycles. The molecule has 1 N–H and O–H groups in total. The van der Waals surface area contributed by atoms with Gasteiger partial charge in [0.2, 0.25) is 5.91 Å². The molecule has 0 aliphatic heterocycles. The van der Waals surface area contributed by atoms with Gasteiger partial charge in [-0.15, -0.1) is 0 Å². The van der Waals surface area contributed by atoms with Crippen molar-refractivity contribution in [3.05, 3.63) is 35.9 Å². The van der Waals surface area contributed by atoms with Crippen LogP contribution in [0, 0.1) is 11.3 Å². The van der Waals surface area contributed by atoms with Crippen molar-refractivity contribution in [1.29, 1.82) is 5.26 Å². The fraction of sp³-hybridized carbons (Fsp3) is 0.429. The molecule has 0 unspecified atom stereocenters. The van der Waals surface area contributed by atoms with E-state index in [9.17, 15) is 4.79 Å². The second kappa shape index (κ2) is 8.26. The van der Waals surface area contributed by atoms with Crippen LogP contribution in [0.25, 0.3) is 0 Å². The standard InChI is InChI=1S/C14H19N3O/c1-2-17(11-13-7-4-3-5-8-13)12-14(18)16-10-6-9-15/h3-5,7-8H,2,6,10-12H2,1H3,(H,16,18). The molecule has 0 bridgehead atoms. The van der Waals surface area contributed by atoms with Gasteiger partial charge in [-0.3, -0.25) is 9.69 Å². The number of amides is 1. The molecule has 4 nitrogen and oxygen atoms in total. The van der Waals surface area contributed by atoms with E-state index in [-0.39, 0.29) is 5.91 Å². The Bertz CT molecular complexity index is 397. The van der Waals surface area contributed by atoms with Crippen molar-refractivity contribution >= 4 is 5.91 Å². The van der Waals surface area contributed by atoms with Crippen molar-refractivity contribution in [3.8, 4) is 6.07 Å². The Morgan fingerprint density at radius 1 is 1.39 bits per heavy atom. The molecule has 18 heavy (non-hydrogen) atoms. The van der Waals surface area contributed by atoms with Gasteiger partial charge >= 0.3 is 0 Å². The van der Waals surface area contributed by atoms with Gasteiger partial charge in [0.1, 0.15) is 0 Å². The van der Waals surface area contributed by atoms with Gasteiger partial charge in [0.25, 0.3) is 0 Å². The zero-order valence-electron chi connectivity index (χ0n) is 10.7. The van der Waals surface area contributed by atoms with E-state index in [4.69, 9.17) is 5.26 Å². The maximum Gasteiger partial charge on any atom is 0.234 e. The third-order valence-electron chi connectivity index (χ3n) is 2.62. The van der Waals surface area contributed by atoms with Gasteiger partial charge in [-0.25, -0.2) is 0 Å². The molecule has 1 rings (SSSR count). The molecule has 0 aliphatic carbocycles. The van der Waals surface area contributed by atoms with Crippen LogP contribution < -0.4 is 5.32 Å². The number of benzene rings is 1. The van der Waals surface area contributed by atoms with Crippen molar-refractivity contribution in [3.63, 3.8) is 0 Å². The minimum Gasteiger partial charge on any atom is -0.354 e. The second-order valence-electron chi connectivity index (χ2n) is 4.05. The number of nitriles is 1. The molecule has 1 amide bonds. The van der Waals surface area contributed by atoms with E-state index in [0.717, 1.165) is 13.1 Å². The Morgan fingerprint density at radius 2 is 2.11 bits per heavy atom. The Labute approximate surface area is 108 Å². The van der Waals surface area contributed by atoms with Crippen molar-refractivity contribution in [2.75, 3.05) is 19.6 Å². The van der Waals surface area contributed by atoms with E-state index in [1.165, 1.54) is 5.56 Å². The van der Waals surface area contributed by atoms with E-state index in [1.54, 1.807) is 0 Å². The first kappa shape index (κ1) is 14.2. The largest absolute Gasteiger partial charge is 0.354 e. The molecule has 96 valence electrons. The van der Waals surface area contributed by atoms with Crippen LogP contribution >= 0.6 is 0 Å². The first-order valence-electron chi connectivity index (χ1n) is 6.16. The molecule has 0 spiro atoms. The molecule has 0 atom stereocenters. The molecule has 1 aromatic rings. The summed E-state index contributed by atoms with van der Waals surface area (Å²) in [4.78, 5) is 13.7. The summed E-state index contributed by atoms with van der Waals surface area (Å²) < 4.78 is 0. The summed E-state index contributed by atoms with van der Waals surface area (Å²) in [7, 11) is 0. The van der Waals surface area contributed by atoms with Gasteiger partial charge in [0.05, 0.1) is 19.0 Å². The van der Waals surface area contributed by atoms with Gasteiger partial charge in [-0.05, 0) is 12.1 Å². The summed E-state index contributed by atoms with van der Waals surface area (Å²) in [6.07, 6.45) is 0.358. The molecule has 0 saturated heterocycles. The summed E-state index contributed by atoms with van der Waals surface area (Å²) in [5, 5.41) is 11.1. The average molecular weight is 245 g/mol. The van der Waals surface area contributed by atoms with Gasteiger partial charge in [0, 0.05) is 13.1 Å². The number of carbonyl (C=O) groups is 1. The van der Waals surface area contributed by atoms with E-state index >= 15 is 0 Å². The maximum absolute atomic E-state index is 11.6. The van der Waals surface area contributed by atoms with Crippen molar-refractivity contribution in [2.24, 2.45) is 0 Å². The second-order valence-corrected chi connectivity index (χ2v) is 4.05. The van der Waals surface area contributed by atoms with Crippen LogP contribution in [0.4, 0.5) is 0 Å². The predicted octanol–water partition coefficient (Wildman–Crippen LogP) is 1.54. The predicted molar refractivity (Wildman–Crippen MR) is 70.6 cm³/mol. The lowest BCUT2D eigenvalue weighted by Crippen LogP contribution is -2.37. The molecule has 0 fully saturated rings. The highest BCUT2D eigenvalue weighted by molar-refractivity contribution is 5.77. The number of nitrogens with zero attached hydrogens (tertiary/aromatic N) is 2. The lowest BCUT2D eigenvalue weighted by atomic mass is 10.2. The number of hydrogen-bond acceptors (Lipinski definition) is 3. The zero-order chi connectivity index (χ0) is 13.2. The fourth-order valence-corrected chi connectivity index (χ4v) is 1.64. The first-order valence-corrected chi connectivity index (χ1v) is 6.16. The highest BCUT2D eigenvalue weighted by Crippen LogP contribution is 2.03. The van der Waals surface area contributed by atoms with Gasteiger partial charge in [-0.2, -0.15) is 5.26 Å². The Morgan fingerprint density at radius 3 is 2.72 bits per heavy atom. The third-order valence-corrected chi connectivity index (χ3v) is 2.62. The summed E-state index contributed by atoms with van der Waals surface area (Å²) >= 11 is 0. The zero-order valence-corrected chi connectivity index (χ0v) is 10.7. The van der Waals surface area contributed by atoms with Crippen LogP contribution in [0.5, 0.6) is 0 Å². The summed E-state index contributed by atoms with van der Waals surface area (Å²) in [5.41, 5.74) is 1.20. The van der Waals surface area contributed by atoms with E-state index < -0.39 is 0 Å². The number of nitrogens with one attached hydrogen (secondary N) is 1. The summed E-state index contributed by atoms with van der Waals surface area (Å²) in [6, 6.07) is 12.1. The lowest BCUT2D eigenvalue weighted by Gasteiger charge is -2.19. The smallest absolute Gasteiger partial charge is 0.234 e. The molecule has 0 saturated carbocycles. The van der Waals surface area contributed by atoms with E-state index in [0.29, 0.717) is 19.5 Å². The Hall–Kier alpha value is -1.86. The highest BCUT2D eigenvalue weighted by atomic mass is 16.2. The first-order chi connectivity index (χ1) is 8.76. The number of rotatable bonds is 7. The third kappa shape index (κ3) is 5.46. The van der Waals surface area contributed by atoms with Crippen LogP contribution in [-0.4, -0.2) is 30.4 Å². The van der Waals surface area contributed by atoms with Gasteiger partial charge in [0.15, 0.2) is 0 Å². The topological polar surface area (TPSA) is 56.1 Å². The molecule has 4 heteroatoms. The molecule has 0 radical (unpaired) electrons. The Balaban J connectivity index is 2.38. The molecule has 0 aliphatic rings. The minimum absolute atomic E-state index is 0.0250. The van der Waals surface area contributed by atoms with Crippen LogP contribution in [0.15, 0.2) is 30.3 Å². The lowest BCUT2D eigenvalue weighted by molar-refractivity contribution is -0.122. The molecule has 0 heterocycles. The summed E-state index contributed by atoms with van der Waals surface area (Å²) in [5.74, 6) is -0.0250. The van der Waals surface area contributed by atoms with Crippen molar-refractivity contribution < 1.29 is 4.79 Å². The van der Waals surface area contributed by atoms with Gasteiger partial charge < -0.3 is 5.32 Å². The molecular formula is C14H19N3O. The van der Waals surface area contributed by atoms with Crippen LogP contribution in [0.2, 0.25) is 0 Å². The number of carbonyl (C=O) groups excluding carboxylic acids is 1. The highest BCUT2D eigenvalue weighted by Gasteiger charge is 2.08. The monoisotopic (exact) mass is 245 g/mol. The van der Waals surface area contributed by atoms with Crippen LogP contribution in [0.1, 0.15) is 18.9 Å². The average Bonchev–Trinajstić information content (AvgIpc) is 2.39. The minimum atomic E-state index is -0.0250. The number of hydrogen-bond donors (Lipinski definition) is 1. The van der Waals surface area contributed by atoms with Crippen LogP contribution in [0.3, 0.4) is 0 Å². The fourth-order valence-electron chi connectivity index (χ4n) is 1.64. The maximum atomic E-state index is 11.6. The normalized spacial score (nSPS) is 10.1.